The van der Waals surface area contributed by atoms with Gasteiger partial charge in [-0.1, -0.05) is 58.8 Å². The van der Waals surface area contributed by atoms with Crippen molar-refractivity contribution in [1.29, 1.82) is 0 Å². The summed E-state index contributed by atoms with van der Waals surface area (Å²) in [6, 6.07) is 0.836. The van der Waals surface area contributed by atoms with E-state index in [9.17, 15) is 0 Å². The van der Waals surface area contributed by atoms with Gasteiger partial charge in [-0.15, -0.1) is 0 Å². The standard InChI is InChI=1S/C19H37N/c1-3-5-6-16-9-12-18(13-10-16)19(20-15-4-2)14-11-17-7-8-17/h16-20H,3-15H2,1-2H3. The number of nitrogens with one attached hydrogen (secondary N) is 1. The third-order valence-corrected chi connectivity index (χ3v) is 5.67. The Balaban J connectivity index is 1.70. The lowest BCUT2D eigenvalue weighted by Crippen LogP contribution is -2.38. The van der Waals surface area contributed by atoms with Crippen LogP contribution < -0.4 is 5.32 Å². The first-order valence-corrected chi connectivity index (χ1v) is 9.56. The Morgan fingerprint density at radius 3 is 2.10 bits per heavy atom. The van der Waals surface area contributed by atoms with Crippen LogP contribution in [-0.4, -0.2) is 12.6 Å². The molecular formula is C19H37N. The molecule has 1 nitrogen and oxygen atoms in total. The van der Waals surface area contributed by atoms with Crippen LogP contribution in [0.5, 0.6) is 0 Å². The SMILES string of the molecule is CCCCC1CCC(C(CCC2CC2)NCCC)CC1. The fourth-order valence-corrected chi connectivity index (χ4v) is 4.03. The monoisotopic (exact) mass is 279 g/mol. The zero-order valence-corrected chi connectivity index (χ0v) is 14.0. The molecule has 0 saturated heterocycles. The molecule has 0 aliphatic heterocycles. The Labute approximate surface area is 127 Å². The van der Waals surface area contributed by atoms with Crippen molar-refractivity contribution in [3.8, 4) is 0 Å². The molecule has 0 aromatic heterocycles. The normalized spacial score (nSPS) is 28.5. The predicted octanol–water partition coefficient (Wildman–Crippen LogP) is 5.54. The van der Waals surface area contributed by atoms with Crippen LogP contribution in [0.4, 0.5) is 0 Å². The van der Waals surface area contributed by atoms with E-state index in [2.05, 4.69) is 19.2 Å². The molecule has 0 amide bonds. The van der Waals surface area contributed by atoms with Crippen molar-refractivity contribution in [2.75, 3.05) is 6.54 Å². The smallest absolute Gasteiger partial charge is 0.00954 e. The van der Waals surface area contributed by atoms with Crippen LogP contribution in [0.1, 0.15) is 90.9 Å². The molecule has 0 aromatic rings. The van der Waals surface area contributed by atoms with E-state index >= 15 is 0 Å². The van der Waals surface area contributed by atoms with Gasteiger partial charge in [-0.05, 0) is 56.4 Å². The molecule has 2 aliphatic rings. The summed E-state index contributed by atoms with van der Waals surface area (Å²) in [6.45, 7) is 5.85. The van der Waals surface area contributed by atoms with Crippen LogP contribution in [0.3, 0.4) is 0 Å². The second-order valence-corrected chi connectivity index (χ2v) is 7.50. The van der Waals surface area contributed by atoms with Crippen LogP contribution in [0.25, 0.3) is 0 Å². The van der Waals surface area contributed by atoms with Gasteiger partial charge in [0.1, 0.15) is 0 Å². The van der Waals surface area contributed by atoms with Crippen molar-refractivity contribution < 1.29 is 0 Å². The second kappa shape index (κ2) is 9.07. The molecule has 1 heteroatoms. The van der Waals surface area contributed by atoms with Gasteiger partial charge < -0.3 is 5.32 Å². The highest BCUT2D eigenvalue weighted by Crippen LogP contribution is 2.38. The summed E-state index contributed by atoms with van der Waals surface area (Å²) in [5.41, 5.74) is 0. The quantitative estimate of drug-likeness (QED) is 0.553. The lowest BCUT2D eigenvalue weighted by Gasteiger charge is -2.34. The molecule has 0 radical (unpaired) electrons. The Morgan fingerprint density at radius 1 is 0.850 bits per heavy atom. The van der Waals surface area contributed by atoms with Gasteiger partial charge >= 0.3 is 0 Å². The topological polar surface area (TPSA) is 12.0 Å². The van der Waals surface area contributed by atoms with Gasteiger partial charge in [0.25, 0.3) is 0 Å². The van der Waals surface area contributed by atoms with Crippen molar-refractivity contribution in [3.63, 3.8) is 0 Å². The minimum absolute atomic E-state index is 0.836. The third-order valence-electron chi connectivity index (χ3n) is 5.67. The largest absolute Gasteiger partial charge is 0.314 e. The maximum absolute atomic E-state index is 3.88. The zero-order chi connectivity index (χ0) is 14.2. The molecule has 1 N–H and O–H groups in total. The molecule has 0 aromatic carbocycles. The summed E-state index contributed by atoms with van der Waals surface area (Å²) in [4.78, 5) is 0. The Bertz CT molecular complexity index is 238. The van der Waals surface area contributed by atoms with Gasteiger partial charge in [0.2, 0.25) is 0 Å². The molecule has 2 fully saturated rings. The first-order valence-electron chi connectivity index (χ1n) is 9.56. The van der Waals surface area contributed by atoms with E-state index in [0.29, 0.717) is 0 Å². The molecule has 20 heavy (non-hydrogen) atoms. The molecule has 118 valence electrons. The average Bonchev–Trinajstić information content (AvgIpc) is 3.30. The van der Waals surface area contributed by atoms with Crippen LogP contribution in [0.2, 0.25) is 0 Å². The van der Waals surface area contributed by atoms with Crippen molar-refractivity contribution in [2.24, 2.45) is 17.8 Å². The van der Waals surface area contributed by atoms with Gasteiger partial charge in [-0.3, -0.25) is 0 Å². The van der Waals surface area contributed by atoms with E-state index in [0.717, 1.165) is 23.8 Å². The van der Waals surface area contributed by atoms with Gasteiger partial charge in [0.05, 0.1) is 0 Å². The van der Waals surface area contributed by atoms with E-state index < -0.39 is 0 Å². The zero-order valence-electron chi connectivity index (χ0n) is 14.0. The Morgan fingerprint density at radius 2 is 1.50 bits per heavy atom. The lowest BCUT2D eigenvalue weighted by atomic mass is 9.76. The van der Waals surface area contributed by atoms with Gasteiger partial charge in [0, 0.05) is 6.04 Å². The first-order chi connectivity index (χ1) is 9.83. The van der Waals surface area contributed by atoms with E-state index in [4.69, 9.17) is 0 Å². The van der Waals surface area contributed by atoms with E-state index in [1.54, 1.807) is 0 Å². The van der Waals surface area contributed by atoms with Crippen molar-refractivity contribution in [3.05, 3.63) is 0 Å². The summed E-state index contributed by atoms with van der Waals surface area (Å²) in [7, 11) is 0. The molecule has 0 bridgehead atoms. The number of unbranched alkanes of at least 4 members (excludes halogenated alkanes) is 1. The fourth-order valence-electron chi connectivity index (χ4n) is 4.03. The van der Waals surface area contributed by atoms with Crippen molar-refractivity contribution in [1.82, 2.24) is 5.32 Å². The molecular weight excluding hydrogens is 242 g/mol. The summed E-state index contributed by atoms with van der Waals surface area (Å²) in [5.74, 6) is 3.14. The van der Waals surface area contributed by atoms with Gasteiger partial charge in [0.15, 0.2) is 0 Å². The molecule has 2 aliphatic carbocycles. The Hall–Kier alpha value is -0.0400. The lowest BCUT2D eigenvalue weighted by molar-refractivity contribution is 0.203. The average molecular weight is 280 g/mol. The van der Waals surface area contributed by atoms with Gasteiger partial charge in [-0.2, -0.15) is 0 Å². The van der Waals surface area contributed by atoms with Crippen LogP contribution in [0.15, 0.2) is 0 Å². The highest BCUT2D eigenvalue weighted by Gasteiger charge is 2.29. The van der Waals surface area contributed by atoms with E-state index in [1.165, 1.54) is 83.6 Å². The third kappa shape index (κ3) is 5.76. The summed E-state index contributed by atoms with van der Waals surface area (Å²) in [6.07, 6.45) is 17.6. The number of rotatable bonds is 10. The molecule has 1 atom stereocenters. The van der Waals surface area contributed by atoms with Crippen molar-refractivity contribution in [2.45, 2.75) is 96.9 Å². The fraction of sp³-hybridized carbons (Fsp3) is 1.00. The molecule has 1 unspecified atom stereocenters. The summed E-state index contributed by atoms with van der Waals surface area (Å²) in [5, 5.41) is 3.88. The maximum atomic E-state index is 3.88. The minimum atomic E-state index is 0.836. The van der Waals surface area contributed by atoms with E-state index in [1.807, 2.05) is 0 Å². The van der Waals surface area contributed by atoms with Crippen molar-refractivity contribution >= 4 is 0 Å². The summed E-state index contributed by atoms with van der Waals surface area (Å²) < 4.78 is 0. The molecule has 0 spiro atoms. The summed E-state index contributed by atoms with van der Waals surface area (Å²) >= 11 is 0. The minimum Gasteiger partial charge on any atom is -0.314 e. The molecule has 0 heterocycles. The van der Waals surface area contributed by atoms with Crippen LogP contribution in [-0.2, 0) is 0 Å². The molecule has 2 rings (SSSR count). The highest BCUT2D eigenvalue weighted by atomic mass is 14.9. The highest BCUT2D eigenvalue weighted by molar-refractivity contribution is 4.84. The van der Waals surface area contributed by atoms with E-state index in [-0.39, 0.29) is 0 Å². The van der Waals surface area contributed by atoms with Crippen LogP contribution >= 0.6 is 0 Å². The van der Waals surface area contributed by atoms with Crippen LogP contribution in [0, 0.1) is 17.8 Å². The predicted molar refractivity (Wildman–Crippen MR) is 89.0 cm³/mol. The number of hydrogen-bond donors (Lipinski definition) is 1. The Kier molecular flexibility index (Phi) is 7.41. The number of hydrogen-bond acceptors (Lipinski definition) is 1. The molecule has 2 saturated carbocycles. The maximum Gasteiger partial charge on any atom is 0.00954 e. The first kappa shape index (κ1) is 16.3. The second-order valence-electron chi connectivity index (χ2n) is 7.50. The van der Waals surface area contributed by atoms with Gasteiger partial charge in [-0.25, -0.2) is 0 Å².